The van der Waals surface area contributed by atoms with Crippen molar-refractivity contribution < 1.29 is 0 Å². The highest BCUT2D eigenvalue weighted by atomic mass is 15.0. The molecule has 0 saturated carbocycles. The van der Waals surface area contributed by atoms with Crippen molar-refractivity contribution in [3.8, 4) is 0 Å². The molecule has 0 unspecified atom stereocenters. The van der Waals surface area contributed by atoms with Gasteiger partial charge in [0.1, 0.15) is 0 Å². The van der Waals surface area contributed by atoms with Crippen LogP contribution in [-0.2, 0) is 0 Å². The zero-order valence-electron chi connectivity index (χ0n) is 8.11. The van der Waals surface area contributed by atoms with E-state index in [4.69, 9.17) is 0 Å². The molecule has 0 bridgehead atoms. The Hall–Kier alpha value is -0.0400. The molecule has 0 aromatic rings. The second-order valence-corrected chi connectivity index (χ2v) is 4.01. The van der Waals surface area contributed by atoms with Crippen LogP contribution in [0.3, 0.4) is 0 Å². The van der Waals surface area contributed by atoms with E-state index in [1.54, 1.807) is 0 Å². The van der Waals surface area contributed by atoms with Crippen LogP contribution >= 0.6 is 0 Å². The van der Waals surface area contributed by atoms with E-state index in [2.05, 4.69) is 26.1 Å². The van der Waals surface area contributed by atoms with Crippen molar-refractivity contribution in [3.63, 3.8) is 0 Å². The van der Waals surface area contributed by atoms with Crippen LogP contribution < -0.4 is 5.32 Å². The Morgan fingerprint density at radius 3 is 2.36 bits per heavy atom. The van der Waals surface area contributed by atoms with Gasteiger partial charge in [-0.05, 0) is 38.1 Å². The van der Waals surface area contributed by atoms with E-state index < -0.39 is 0 Å². The van der Waals surface area contributed by atoms with Gasteiger partial charge in [-0.1, -0.05) is 20.8 Å². The first-order chi connectivity index (χ1) is 5.22. The molecular formula is C10H21N. The van der Waals surface area contributed by atoms with Gasteiger partial charge in [-0.3, -0.25) is 0 Å². The summed E-state index contributed by atoms with van der Waals surface area (Å²) < 4.78 is 0. The summed E-state index contributed by atoms with van der Waals surface area (Å²) in [6.45, 7) is 8.20. The lowest BCUT2D eigenvalue weighted by Crippen LogP contribution is -2.49. The molecule has 1 aliphatic heterocycles. The predicted molar refractivity (Wildman–Crippen MR) is 49.7 cm³/mol. The van der Waals surface area contributed by atoms with Crippen molar-refractivity contribution in [2.45, 2.75) is 52.0 Å². The van der Waals surface area contributed by atoms with Crippen LogP contribution in [0.4, 0.5) is 0 Å². The predicted octanol–water partition coefficient (Wildman–Crippen LogP) is 2.56. The lowest BCUT2D eigenvalue weighted by Gasteiger charge is -2.40. The zero-order chi connectivity index (χ0) is 8.32. The van der Waals surface area contributed by atoms with Crippen LogP contribution in [0.2, 0.25) is 0 Å². The fourth-order valence-electron chi connectivity index (χ4n) is 2.21. The summed E-state index contributed by atoms with van der Waals surface area (Å²) in [6, 6.07) is 0. The molecule has 1 saturated heterocycles. The summed E-state index contributed by atoms with van der Waals surface area (Å²) >= 11 is 0. The fraction of sp³-hybridized carbons (Fsp3) is 1.00. The molecule has 1 atom stereocenters. The van der Waals surface area contributed by atoms with Crippen molar-refractivity contribution in [2.75, 3.05) is 6.54 Å². The van der Waals surface area contributed by atoms with Crippen LogP contribution in [0.25, 0.3) is 0 Å². The lowest BCUT2D eigenvalue weighted by molar-refractivity contribution is 0.191. The minimum absolute atomic E-state index is 0.484. The maximum Gasteiger partial charge on any atom is 0.0178 e. The Kier molecular flexibility index (Phi) is 2.94. The lowest BCUT2D eigenvalue weighted by atomic mass is 9.79. The van der Waals surface area contributed by atoms with E-state index in [1.165, 1.54) is 32.2 Å². The van der Waals surface area contributed by atoms with Gasteiger partial charge in [0.05, 0.1) is 0 Å². The Balaban J connectivity index is 2.52. The zero-order valence-corrected chi connectivity index (χ0v) is 8.11. The molecule has 0 spiro atoms. The molecule has 1 fully saturated rings. The van der Waals surface area contributed by atoms with Gasteiger partial charge in [-0.2, -0.15) is 0 Å². The molecule has 1 heterocycles. The molecule has 0 radical (unpaired) electrons. The number of hydrogen-bond acceptors (Lipinski definition) is 1. The van der Waals surface area contributed by atoms with E-state index in [0.717, 1.165) is 5.92 Å². The smallest absolute Gasteiger partial charge is 0.0178 e. The largest absolute Gasteiger partial charge is 0.311 e. The monoisotopic (exact) mass is 155 g/mol. The average molecular weight is 155 g/mol. The first-order valence-electron chi connectivity index (χ1n) is 4.97. The number of hydrogen-bond donors (Lipinski definition) is 1. The molecule has 1 aliphatic rings. The third-order valence-corrected chi connectivity index (χ3v) is 3.23. The molecule has 0 amide bonds. The third-order valence-electron chi connectivity index (χ3n) is 3.23. The molecule has 1 nitrogen and oxygen atoms in total. The fourth-order valence-corrected chi connectivity index (χ4v) is 2.21. The van der Waals surface area contributed by atoms with Gasteiger partial charge in [0.2, 0.25) is 0 Å². The van der Waals surface area contributed by atoms with Crippen LogP contribution in [0.5, 0.6) is 0 Å². The minimum atomic E-state index is 0.484. The number of nitrogens with one attached hydrogen (secondary N) is 1. The Morgan fingerprint density at radius 2 is 2.00 bits per heavy atom. The molecule has 11 heavy (non-hydrogen) atoms. The Labute approximate surface area is 70.6 Å². The Morgan fingerprint density at radius 1 is 1.36 bits per heavy atom. The summed E-state index contributed by atoms with van der Waals surface area (Å²) in [7, 11) is 0. The minimum Gasteiger partial charge on any atom is -0.311 e. The van der Waals surface area contributed by atoms with E-state index >= 15 is 0 Å². The SMILES string of the molecule is CCC1(CC)C[C@H](C)CCN1. The summed E-state index contributed by atoms with van der Waals surface area (Å²) in [5, 5.41) is 3.66. The number of rotatable bonds is 2. The summed E-state index contributed by atoms with van der Waals surface area (Å²) in [5.41, 5.74) is 0.484. The summed E-state index contributed by atoms with van der Waals surface area (Å²) in [5.74, 6) is 0.927. The first-order valence-corrected chi connectivity index (χ1v) is 4.97. The highest BCUT2D eigenvalue weighted by Gasteiger charge is 2.30. The van der Waals surface area contributed by atoms with Crippen LogP contribution in [0.15, 0.2) is 0 Å². The summed E-state index contributed by atoms with van der Waals surface area (Å²) in [4.78, 5) is 0. The first kappa shape index (κ1) is 9.05. The van der Waals surface area contributed by atoms with Gasteiger partial charge >= 0.3 is 0 Å². The maximum absolute atomic E-state index is 3.66. The number of piperidine rings is 1. The molecule has 1 heteroatoms. The van der Waals surface area contributed by atoms with Crippen molar-refractivity contribution >= 4 is 0 Å². The van der Waals surface area contributed by atoms with Crippen molar-refractivity contribution in [2.24, 2.45) is 5.92 Å². The van der Waals surface area contributed by atoms with Crippen molar-refractivity contribution in [1.82, 2.24) is 5.32 Å². The molecular weight excluding hydrogens is 134 g/mol. The highest BCUT2D eigenvalue weighted by Crippen LogP contribution is 2.29. The van der Waals surface area contributed by atoms with Crippen LogP contribution in [0.1, 0.15) is 46.5 Å². The summed E-state index contributed by atoms with van der Waals surface area (Å²) in [6.07, 6.45) is 5.31. The van der Waals surface area contributed by atoms with Crippen molar-refractivity contribution in [1.29, 1.82) is 0 Å². The van der Waals surface area contributed by atoms with Gasteiger partial charge in [0, 0.05) is 5.54 Å². The van der Waals surface area contributed by atoms with Gasteiger partial charge in [0.15, 0.2) is 0 Å². The normalized spacial score (nSPS) is 30.3. The van der Waals surface area contributed by atoms with Gasteiger partial charge in [-0.25, -0.2) is 0 Å². The third kappa shape index (κ3) is 1.96. The van der Waals surface area contributed by atoms with E-state index in [-0.39, 0.29) is 0 Å². The van der Waals surface area contributed by atoms with E-state index in [9.17, 15) is 0 Å². The average Bonchev–Trinajstić information content (AvgIpc) is 2.04. The maximum atomic E-state index is 3.66. The van der Waals surface area contributed by atoms with Gasteiger partial charge in [0.25, 0.3) is 0 Å². The molecule has 1 rings (SSSR count). The van der Waals surface area contributed by atoms with Gasteiger partial charge < -0.3 is 5.32 Å². The van der Waals surface area contributed by atoms with Crippen molar-refractivity contribution in [3.05, 3.63) is 0 Å². The van der Waals surface area contributed by atoms with Crippen LogP contribution in [0, 0.1) is 5.92 Å². The van der Waals surface area contributed by atoms with E-state index in [0.29, 0.717) is 5.54 Å². The van der Waals surface area contributed by atoms with Crippen LogP contribution in [-0.4, -0.2) is 12.1 Å². The second kappa shape index (κ2) is 3.57. The van der Waals surface area contributed by atoms with E-state index in [1.807, 2.05) is 0 Å². The topological polar surface area (TPSA) is 12.0 Å². The second-order valence-electron chi connectivity index (χ2n) is 4.01. The molecule has 66 valence electrons. The molecule has 0 aromatic carbocycles. The quantitative estimate of drug-likeness (QED) is 0.646. The molecule has 0 aliphatic carbocycles. The highest BCUT2D eigenvalue weighted by molar-refractivity contribution is 4.90. The Bertz CT molecular complexity index is 116. The standard InChI is InChI=1S/C10H21N/c1-4-10(5-2)8-9(3)6-7-11-10/h9,11H,4-8H2,1-3H3/t9-/m1/s1. The van der Waals surface area contributed by atoms with Gasteiger partial charge in [-0.15, -0.1) is 0 Å². The molecule has 0 aromatic heterocycles. The molecule has 1 N–H and O–H groups in total.